The fraction of sp³-hybridized carbons (Fsp3) is 0.409. The highest BCUT2D eigenvalue weighted by Gasteiger charge is 2.51. The van der Waals surface area contributed by atoms with Gasteiger partial charge in [-0.3, -0.25) is 4.90 Å². The van der Waals surface area contributed by atoms with Gasteiger partial charge in [0.15, 0.2) is 0 Å². The van der Waals surface area contributed by atoms with Crippen molar-refractivity contribution in [2.24, 2.45) is 5.41 Å². The number of likely N-dealkylation sites (tertiary alicyclic amines) is 1. The maximum Gasteiger partial charge on any atom is 0.319 e. The SMILES string of the molecule is COc1ccc(CNC(=O)Nc2ccc(CN3CC4(CC(O)C4)C3)cc2)cc1. The van der Waals surface area contributed by atoms with Gasteiger partial charge in [0.25, 0.3) is 0 Å². The third-order valence-electron chi connectivity index (χ3n) is 5.69. The smallest absolute Gasteiger partial charge is 0.319 e. The zero-order valence-corrected chi connectivity index (χ0v) is 16.1. The van der Waals surface area contributed by atoms with Crippen molar-refractivity contribution in [1.29, 1.82) is 0 Å². The number of nitrogens with zero attached hydrogens (tertiary/aromatic N) is 1. The Labute approximate surface area is 165 Å². The van der Waals surface area contributed by atoms with Gasteiger partial charge in [-0.1, -0.05) is 24.3 Å². The highest BCUT2D eigenvalue weighted by molar-refractivity contribution is 5.89. The zero-order valence-electron chi connectivity index (χ0n) is 16.1. The number of ether oxygens (including phenoxy) is 1. The van der Waals surface area contributed by atoms with E-state index in [9.17, 15) is 9.90 Å². The lowest BCUT2D eigenvalue weighted by atomic mass is 9.62. The van der Waals surface area contributed by atoms with E-state index in [4.69, 9.17) is 4.74 Å². The van der Waals surface area contributed by atoms with E-state index >= 15 is 0 Å². The minimum atomic E-state index is -0.225. The highest BCUT2D eigenvalue weighted by Crippen LogP contribution is 2.48. The van der Waals surface area contributed by atoms with Crippen molar-refractivity contribution in [3.05, 3.63) is 59.7 Å². The predicted octanol–water partition coefficient (Wildman–Crippen LogP) is 2.97. The molecular weight excluding hydrogens is 354 g/mol. The van der Waals surface area contributed by atoms with E-state index < -0.39 is 0 Å². The number of urea groups is 1. The van der Waals surface area contributed by atoms with Crippen molar-refractivity contribution in [2.75, 3.05) is 25.5 Å². The molecule has 1 saturated carbocycles. The molecule has 0 atom stereocenters. The standard InChI is InChI=1S/C22H27N3O3/c1-28-20-8-4-16(5-9-20)12-23-21(27)24-18-6-2-17(3-7-18)13-25-14-22(15-25)10-19(26)11-22/h2-9,19,26H,10-15H2,1H3,(H2,23,24,27). The molecule has 1 aliphatic heterocycles. The number of anilines is 1. The molecular formula is C22H27N3O3. The van der Waals surface area contributed by atoms with E-state index in [0.717, 1.165) is 49.5 Å². The summed E-state index contributed by atoms with van der Waals surface area (Å²) in [4.78, 5) is 14.5. The third kappa shape index (κ3) is 4.29. The summed E-state index contributed by atoms with van der Waals surface area (Å²) in [7, 11) is 1.63. The van der Waals surface area contributed by atoms with Gasteiger partial charge in [-0.05, 0) is 48.2 Å². The first-order valence-corrected chi connectivity index (χ1v) is 9.71. The van der Waals surface area contributed by atoms with E-state index in [2.05, 4.69) is 27.7 Å². The minimum absolute atomic E-state index is 0.0802. The van der Waals surface area contributed by atoms with E-state index in [0.29, 0.717) is 12.0 Å². The number of methoxy groups -OCH3 is 1. The molecule has 4 rings (SSSR count). The summed E-state index contributed by atoms with van der Waals surface area (Å²) in [5.74, 6) is 0.798. The lowest BCUT2D eigenvalue weighted by molar-refractivity contribution is -0.131. The van der Waals surface area contributed by atoms with E-state index in [1.54, 1.807) is 7.11 Å². The second-order valence-electron chi connectivity index (χ2n) is 8.06. The normalized spacial score (nSPS) is 18.2. The summed E-state index contributed by atoms with van der Waals surface area (Å²) >= 11 is 0. The Morgan fingerprint density at radius 2 is 1.75 bits per heavy atom. The van der Waals surface area contributed by atoms with Crippen molar-refractivity contribution in [3.63, 3.8) is 0 Å². The Bertz CT molecular complexity index is 806. The summed E-state index contributed by atoms with van der Waals surface area (Å²) in [6.45, 7) is 3.54. The van der Waals surface area contributed by atoms with Crippen LogP contribution in [-0.4, -0.2) is 42.3 Å². The summed E-state index contributed by atoms with van der Waals surface area (Å²) in [6.07, 6.45) is 1.83. The van der Waals surface area contributed by atoms with Gasteiger partial charge in [-0.2, -0.15) is 0 Å². The van der Waals surface area contributed by atoms with Gasteiger partial charge >= 0.3 is 6.03 Å². The van der Waals surface area contributed by atoms with Crippen LogP contribution in [0.1, 0.15) is 24.0 Å². The van der Waals surface area contributed by atoms with E-state index in [1.807, 2.05) is 36.4 Å². The largest absolute Gasteiger partial charge is 0.497 e. The number of nitrogens with one attached hydrogen (secondary N) is 2. The number of amides is 2. The molecule has 6 nitrogen and oxygen atoms in total. The van der Waals surface area contributed by atoms with Crippen LogP contribution in [-0.2, 0) is 13.1 Å². The van der Waals surface area contributed by atoms with Crippen LogP contribution in [0, 0.1) is 5.41 Å². The number of hydrogen-bond donors (Lipinski definition) is 3. The number of benzene rings is 2. The number of rotatable bonds is 6. The number of carbonyl (C=O) groups is 1. The topological polar surface area (TPSA) is 73.8 Å². The first-order chi connectivity index (χ1) is 13.5. The second kappa shape index (κ2) is 7.81. The molecule has 6 heteroatoms. The van der Waals surface area contributed by atoms with Crippen LogP contribution < -0.4 is 15.4 Å². The molecule has 2 aromatic carbocycles. The first-order valence-electron chi connectivity index (χ1n) is 9.71. The maximum absolute atomic E-state index is 12.1. The van der Waals surface area contributed by atoms with Crippen LogP contribution in [0.5, 0.6) is 5.75 Å². The number of aliphatic hydroxyl groups excluding tert-OH is 1. The average Bonchev–Trinajstić information content (AvgIpc) is 2.65. The van der Waals surface area contributed by atoms with Crippen LogP contribution >= 0.6 is 0 Å². The van der Waals surface area contributed by atoms with Crippen molar-refractivity contribution in [3.8, 4) is 5.75 Å². The van der Waals surface area contributed by atoms with E-state index in [-0.39, 0.29) is 12.1 Å². The van der Waals surface area contributed by atoms with Gasteiger partial charge in [0.2, 0.25) is 0 Å². The molecule has 0 bridgehead atoms. The van der Waals surface area contributed by atoms with Crippen LogP contribution in [0.25, 0.3) is 0 Å². The number of aliphatic hydroxyl groups is 1. The predicted molar refractivity (Wildman–Crippen MR) is 108 cm³/mol. The number of carbonyl (C=O) groups excluding carboxylic acids is 1. The molecule has 0 radical (unpaired) electrons. The molecule has 2 aliphatic rings. The molecule has 28 heavy (non-hydrogen) atoms. The third-order valence-corrected chi connectivity index (χ3v) is 5.69. The van der Waals surface area contributed by atoms with Gasteiger partial charge in [0.05, 0.1) is 13.2 Å². The number of hydrogen-bond acceptors (Lipinski definition) is 4. The fourth-order valence-electron chi connectivity index (χ4n) is 4.26. The Balaban J connectivity index is 1.20. The monoisotopic (exact) mass is 381 g/mol. The Kier molecular flexibility index (Phi) is 5.24. The average molecular weight is 381 g/mol. The molecule has 0 aromatic heterocycles. The van der Waals surface area contributed by atoms with Crippen LogP contribution in [0.2, 0.25) is 0 Å². The van der Waals surface area contributed by atoms with Gasteiger partial charge < -0.3 is 20.5 Å². The lowest BCUT2D eigenvalue weighted by Gasteiger charge is -2.58. The zero-order chi connectivity index (χ0) is 19.6. The van der Waals surface area contributed by atoms with Gasteiger partial charge in [-0.25, -0.2) is 4.79 Å². The van der Waals surface area contributed by atoms with Crippen LogP contribution in [0.4, 0.5) is 10.5 Å². The van der Waals surface area contributed by atoms with Crippen LogP contribution in [0.15, 0.2) is 48.5 Å². The molecule has 0 unspecified atom stereocenters. The highest BCUT2D eigenvalue weighted by atomic mass is 16.5. The van der Waals surface area contributed by atoms with Crippen molar-refractivity contribution < 1.29 is 14.6 Å². The Morgan fingerprint density at radius 3 is 2.36 bits per heavy atom. The molecule has 3 N–H and O–H groups in total. The van der Waals surface area contributed by atoms with Crippen LogP contribution in [0.3, 0.4) is 0 Å². The molecule has 2 fully saturated rings. The van der Waals surface area contributed by atoms with Gasteiger partial charge in [0, 0.05) is 37.3 Å². The maximum atomic E-state index is 12.1. The summed E-state index contributed by atoms with van der Waals surface area (Å²) in [5.41, 5.74) is 3.41. The van der Waals surface area contributed by atoms with Crippen molar-refractivity contribution >= 4 is 11.7 Å². The Morgan fingerprint density at radius 1 is 1.11 bits per heavy atom. The first kappa shape index (κ1) is 18.8. The molecule has 2 aromatic rings. The molecule has 2 amide bonds. The minimum Gasteiger partial charge on any atom is -0.497 e. The summed E-state index contributed by atoms with van der Waals surface area (Å²) in [5, 5.41) is 15.2. The summed E-state index contributed by atoms with van der Waals surface area (Å²) in [6, 6.07) is 15.4. The van der Waals surface area contributed by atoms with E-state index in [1.165, 1.54) is 5.56 Å². The Hall–Kier alpha value is -2.57. The molecule has 1 aliphatic carbocycles. The fourth-order valence-corrected chi connectivity index (χ4v) is 4.26. The quantitative estimate of drug-likeness (QED) is 0.719. The van der Waals surface area contributed by atoms with Crippen molar-refractivity contribution in [1.82, 2.24) is 10.2 Å². The second-order valence-corrected chi connectivity index (χ2v) is 8.06. The van der Waals surface area contributed by atoms with Gasteiger partial charge in [0.1, 0.15) is 5.75 Å². The molecule has 1 spiro atoms. The molecule has 1 heterocycles. The summed E-state index contributed by atoms with van der Waals surface area (Å²) < 4.78 is 5.13. The van der Waals surface area contributed by atoms with Gasteiger partial charge in [-0.15, -0.1) is 0 Å². The van der Waals surface area contributed by atoms with Crippen molar-refractivity contribution in [2.45, 2.75) is 32.0 Å². The molecule has 1 saturated heterocycles. The molecule has 148 valence electrons. The lowest BCUT2D eigenvalue weighted by Crippen LogP contribution is -2.63.